The molecule has 118 valence electrons. The van der Waals surface area contributed by atoms with Crippen LogP contribution >= 0.6 is 0 Å². The van der Waals surface area contributed by atoms with Gasteiger partial charge >= 0.3 is 0 Å². The molecule has 2 aromatic rings. The summed E-state index contributed by atoms with van der Waals surface area (Å²) in [6, 6.07) is 10.2. The van der Waals surface area contributed by atoms with Gasteiger partial charge in [-0.25, -0.2) is 9.97 Å². The Morgan fingerprint density at radius 2 is 1.68 bits per heavy atom. The molecule has 0 saturated heterocycles. The molecule has 1 aromatic carbocycles. The molecule has 0 aliphatic carbocycles. The summed E-state index contributed by atoms with van der Waals surface area (Å²) in [5.74, 6) is 2.43. The minimum atomic E-state index is 0.757. The smallest absolute Gasteiger partial charge is 0.136 e. The summed E-state index contributed by atoms with van der Waals surface area (Å²) in [7, 11) is 4.16. The number of nitrogens with zero attached hydrogens (tertiary/aromatic N) is 3. The molecule has 0 aliphatic heterocycles. The van der Waals surface area contributed by atoms with E-state index < -0.39 is 0 Å². The number of hydrogen-bond acceptors (Lipinski definition) is 5. The first-order valence-electron chi connectivity index (χ1n) is 7.61. The number of aryl methyl sites for hydroxylation is 2. The van der Waals surface area contributed by atoms with Gasteiger partial charge in [0, 0.05) is 18.3 Å². The standard InChI is InChI=1S/C17H25N5/c1-13-6-8-15(9-7-13)21-17-12-16(19-14(2)20-17)18-10-5-11-22(3)4/h6-9,12H,5,10-11H2,1-4H3,(H2,18,19,20,21). The lowest BCUT2D eigenvalue weighted by Crippen LogP contribution is -2.16. The highest BCUT2D eigenvalue weighted by Gasteiger charge is 2.02. The van der Waals surface area contributed by atoms with Crippen LogP contribution in [0.25, 0.3) is 0 Å². The third kappa shape index (κ3) is 5.33. The Kier molecular flexibility index (Phi) is 5.72. The van der Waals surface area contributed by atoms with Crippen LogP contribution in [0.3, 0.4) is 0 Å². The Labute approximate surface area is 132 Å². The van der Waals surface area contributed by atoms with Gasteiger partial charge in [-0.2, -0.15) is 0 Å². The van der Waals surface area contributed by atoms with Crippen LogP contribution in [0, 0.1) is 13.8 Å². The molecule has 2 rings (SSSR count). The third-order valence-electron chi connectivity index (χ3n) is 3.25. The van der Waals surface area contributed by atoms with Crippen molar-refractivity contribution in [2.45, 2.75) is 20.3 Å². The van der Waals surface area contributed by atoms with E-state index in [0.717, 1.165) is 42.7 Å². The molecule has 0 saturated carbocycles. The van der Waals surface area contributed by atoms with Gasteiger partial charge < -0.3 is 15.5 Å². The Morgan fingerprint density at radius 1 is 1.00 bits per heavy atom. The molecule has 0 atom stereocenters. The second-order valence-corrected chi connectivity index (χ2v) is 5.76. The van der Waals surface area contributed by atoms with Gasteiger partial charge in [-0.05, 0) is 53.0 Å². The maximum absolute atomic E-state index is 4.44. The number of aromatic nitrogens is 2. The van der Waals surface area contributed by atoms with Crippen molar-refractivity contribution in [2.24, 2.45) is 0 Å². The summed E-state index contributed by atoms with van der Waals surface area (Å²) in [6.45, 7) is 5.95. The minimum absolute atomic E-state index is 0.757. The van der Waals surface area contributed by atoms with E-state index in [4.69, 9.17) is 0 Å². The predicted octanol–water partition coefficient (Wildman–Crippen LogP) is 3.20. The summed E-state index contributed by atoms with van der Waals surface area (Å²) in [6.07, 6.45) is 1.08. The average molecular weight is 299 g/mol. The molecule has 0 fully saturated rings. The number of rotatable bonds is 7. The lowest BCUT2D eigenvalue weighted by Gasteiger charge is -2.12. The third-order valence-corrected chi connectivity index (χ3v) is 3.25. The quantitative estimate of drug-likeness (QED) is 0.769. The molecule has 0 spiro atoms. The molecule has 22 heavy (non-hydrogen) atoms. The van der Waals surface area contributed by atoms with Gasteiger partial charge in [0.25, 0.3) is 0 Å². The molecule has 2 N–H and O–H groups in total. The van der Waals surface area contributed by atoms with Crippen LogP contribution in [0.4, 0.5) is 17.3 Å². The maximum Gasteiger partial charge on any atom is 0.136 e. The molecule has 0 bridgehead atoms. The Balaban J connectivity index is 1.98. The van der Waals surface area contributed by atoms with Gasteiger partial charge in [0.1, 0.15) is 17.5 Å². The predicted molar refractivity (Wildman–Crippen MR) is 92.9 cm³/mol. The van der Waals surface area contributed by atoms with E-state index in [1.807, 2.05) is 13.0 Å². The second kappa shape index (κ2) is 7.75. The van der Waals surface area contributed by atoms with Crippen LogP contribution < -0.4 is 10.6 Å². The van der Waals surface area contributed by atoms with Crippen molar-refractivity contribution in [3.8, 4) is 0 Å². The van der Waals surface area contributed by atoms with Crippen LogP contribution in [0.15, 0.2) is 30.3 Å². The van der Waals surface area contributed by atoms with E-state index >= 15 is 0 Å². The first kappa shape index (κ1) is 16.2. The van der Waals surface area contributed by atoms with E-state index in [9.17, 15) is 0 Å². The topological polar surface area (TPSA) is 53.1 Å². The van der Waals surface area contributed by atoms with Gasteiger partial charge in [0.15, 0.2) is 0 Å². The van der Waals surface area contributed by atoms with Gasteiger partial charge in [-0.15, -0.1) is 0 Å². The molecule has 0 amide bonds. The van der Waals surface area contributed by atoms with Crippen molar-refractivity contribution in [1.29, 1.82) is 0 Å². The fraction of sp³-hybridized carbons (Fsp3) is 0.412. The summed E-state index contributed by atoms with van der Waals surface area (Å²) in [5, 5.41) is 6.68. The molecule has 0 radical (unpaired) electrons. The summed E-state index contributed by atoms with van der Waals surface area (Å²) < 4.78 is 0. The highest BCUT2D eigenvalue weighted by atomic mass is 15.1. The fourth-order valence-electron chi connectivity index (χ4n) is 2.12. The van der Waals surface area contributed by atoms with Crippen molar-refractivity contribution in [3.05, 3.63) is 41.7 Å². The van der Waals surface area contributed by atoms with E-state index in [2.05, 4.69) is 70.8 Å². The summed E-state index contributed by atoms with van der Waals surface area (Å²) in [5.41, 5.74) is 2.27. The normalized spacial score (nSPS) is 10.8. The maximum atomic E-state index is 4.44. The highest BCUT2D eigenvalue weighted by Crippen LogP contribution is 2.17. The zero-order valence-electron chi connectivity index (χ0n) is 13.8. The van der Waals surface area contributed by atoms with Crippen molar-refractivity contribution in [3.63, 3.8) is 0 Å². The van der Waals surface area contributed by atoms with Crippen molar-refractivity contribution < 1.29 is 0 Å². The molecule has 0 unspecified atom stereocenters. The van der Waals surface area contributed by atoms with E-state index in [0.29, 0.717) is 0 Å². The minimum Gasteiger partial charge on any atom is -0.370 e. The largest absolute Gasteiger partial charge is 0.370 e. The number of hydrogen-bond donors (Lipinski definition) is 2. The van der Waals surface area contributed by atoms with Crippen molar-refractivity contribution in [2.75, 3.05) is 37.8 Å². The lowest BCUT2D eigenvalue weighted by molar-refractivity contribution is 0.405. The zero-order valence-corrected chi connectivity index (χ0v) is 13.8. The van der Waals surface area contributed by atoms with Gasteiger partial charge in [-0.1, -0.05) is 17.7 Å². The summed E-state index contributed by atoms with van der Waals surface area (Å²) >= 11 is 0. The Bertz CT molecular complexity index is 592. The average Bonchev–Trinajstić information content (AvgIpc) is 2.45. The Hall–Kier alpha value is -2.14. The molecule has 5 nitrogen and oxygen atoms in total. The van der Waals surface area contributed by atoms with E-state index in [1.165, 1.54) is 5.56 Å². The number of anilines is 3. The highest BCUT2D eigenvalue weighted by molar-refractivity contribution is 5.59. The molecule has 1 aromatic heterocycles. The monoisotopic (exact) mass is 299 g/mol. The van der Waals surface area contributed by atoms with Crippen molar-refractivity contribution in [1.82, 2.24) is 14.9 Å². The van der Waals surface area contributed by atoms with Crippen LogP contribution in [0.2, 0.25) is 0 Å². The van der Waals surface area contributed by atoms with Crippen LogP contribution in [0.5, 0.6) is 0 Å². The lowest BCUT2D eigenvalue weighted by atomic mass is 10.2. The van der Waals surface area contributed by atoms with Gasteiger partial charge in [-0.3, -0.25) is 0 Å². The zero-order chi connectivity index (χ0) is 15.9. The molecular formula is C17H25N5. The number of benzene rings is 1. The van der Waals surface area contributed by atoms with Crippen LogP contribution in [-0.4, -0.2) is 42.1 Å². The van der Waals surface area contributed by atoms with Crippen LogP contribution in [-0.2, 0) is 0 Å². The summed E-state index contributed by atoms with van der Waals surface area (Å²) in [4.78, 5) is 11.0. The first-order chi connectivity index (χ1) is 10.5. The molecule has 1 heterocycles. The van der Waals surface area contributed by atoms with Crippen molar-refractivity contribution >= 4 is 17.3 Å². The van der Waals surface area contributed by atoms with Gasteiger partial charge in [0.2, 0.25) is 0 Å². The molecule has 0 aliphatic rings. The van der Waals surface area contributed by atoms with E-state index in [-0.39, 0.29) is 0 Å². The van der Waals surface area contributed by atoms with E-state index in [1.54, 1.807) is 0 Å². The number of nitrogens with one attached hydrogen (secondary N) is 2. The molecule has 5 heteroatoms. The fourth-order valence-corrected chi connectivity index (χ4v) is 2.12. The SMILES string of the molecule is Cc1ccc(Nc2cc(NCCCN(C)C)nc(C)n2)cc1. The molecular weight excluding hydrogens is 274 g/mol. The Morgan fingerprint density at radius 3 is 2.36 bits per heavy atom. The first-order valence-corrected chi connectivity index (χ1v) is 7.61. The van der Waals surface area contributed by atoms with Gasteiger partial charge in [0.05, 0.1) is 0 Å². The second-order valence-electron chi connectivity index (χ2n) is 5.76. The van der Waals surface area contributed by atoms with Crippen LogP contribution in [0.1, 0.15) is 17.8 Å².